The molecule has 0 aromatic rings. The molecule has 1 heterocycles. The van der Waals surface area contributed by atoms with Gasteiger partial charge >= 0.3 is 0 Å². The van der Waals surface area contributed by atoms with Gasteiger partial charge in [-0.3, -0.25) is 9.59 Å². The zero-order valence-corrected chi connectivity index (χ0v) is 10.5. The van der Waals surface area contributed by atoms with Crippen LogP contribution in [0.1, 0.15) is 27.2 Å². The lowest BCUT2D eigenvalue weighted by Gasteiger charge is -2.35. The first-order chi connectivity index (χ1) is 7.45. The van der Waals surface area contributed by atoms with Gasteiger partial charge in [-0.15, -0.1) is 0 Å². The van der Waals surface area contributed by atoms with Crippen LogP contribution in [0.3, 0.4) is 0 Å². The summed E-state index contributed by atoms with van der Waals surface area (Å²) in [4.78, 5) is 23.9. The monoisotopic (exact) mass is 240 g/mol. The topological polar surface area (TPSA) is 58.2 Å². The van der Waals surface area contributed by atoms with Crippen LogP contribution < -0.4 is 10.6 Å². The molecule has 0 aromatic carbocycles. The van der Waals surface area contributed by atoms with Crippen molar-refractivity contribution < 1.29 is 9.59 Å². The number of amides is 2. The van der Waals surface area contributed by atoms with Gasteiger partial charge in [-0.2, -0.15) is 0 Å². The minimum atomic E-state index is -1.14. The zero-order valence-electron chi connectivity index (χ0n) is 9.66. The summed E-state index contributed by atoms with van der Waals surface area (Å²) in [6, 6.07) is 0. The quantitative estimate of drug-likeness (QED) is 0.441. The maximum atomic E-state index is 12.0. The third-order valence-electron chi connectivity index (χ3n) is 2.73. The smallest absolute Gasteiger partial charge is 0.245 e. The molecule has 0 saturated carbocycles. The van der Waals surface area contributed by atoms with E-state index in [1.807, 2.05) is 26.8 Å². The lowest BCUT2D eigenvalue weighted by atomic mass is 9.74. The summed E-state index contributed by atoms with van der Waals surface area (Å²) in [5.74, 6) is -0.819. The van der Waals surface area contributed by atoms with Crippen LogP contribution in [-0.2, 0) is 9.59 Å². The Morgan fingerprint density at radius 3 is 2.19 bits per heavy atom. The first kappa shape index (κ1) is 12.8. The summed E-state index contributed by atoms with van der Waals surface area (Å²) in [5, 5.41) is 5.08. The van der Waals surface area contributed by atoms with Gasteiger partial charge in [-0.25, -0.2) is 0 Å². The van der Waals surface area contributed by atoms with Crippen molar-refractivity contribution in [2.75, 3.05) is 0 Å². The van der Waals surface area contributed by atoms with E-state index in [0.717, 1.165) is 6.42 Å². The number of carbonyl (C=O) groups is 2. The van der Waals surface area contributed by atoms with Gasteiger partial charge in [0.1, 0.15) is 5.41 Å². The number of hydrogen-bond donors (Lipinski definition) is 2. The number of carbonyl (C=O) groups excluding carboxylic acids is 2. The Labute approximate surface area is 100 Å². The van der Waals surface area contributed by atoms with Gasteiger partial charge in [0.2, 0.25) is 11.8 Å². The molecule has 4 nitrogen and oxygen atoms in total. The average molecular weight is 240 g/mol. The Hall–Kier alpha value is -1.23. The molecular weight excluding hydrogens is 224 g/mol. The van der Waals surface area contributed by atoms with Gasteiger partial charge < -0.3 is 10.6 Å². The van der Waals surface area contributed by atoms with E-state index in [1.54, 1.807) is 6.08 Å². The predicted molar refractivity (Wildman–Crippen MR) is 65.6 cm³/mol. The molecule has 0 atom stereocenters. The van der Waals surface area contributed by atoms with Crippen LogP contribution in [0, 0.1) is 11.3 Å². The molecule has 1 aliphatic heterocycles. The minimum Gasteiger partial charge on any atom is -0.302 e. The van der Waals surface area contributed by atoms with Gasteiger partial charge in [-0.05, 0) is 24.6 Å². The highest BCUT2D eigenvalue weighted by atomic mass is 32.1. The van der Waals surface area contributed by atoms with Crippen LogP contribution in [0.15, 0.2) is 12.2 Å². The summed E-state index contributed by atoms with van der Waals surface area (Å²) in [5.41, 5.74) is -1.14. The van der Waals surface area contributed by atoms with Crippen LogP contribution >= 0.6 is 12.2 Å². The van der Waals surface area contributed by atoms with Gasteiger partial charge in [0, 0.05) is 0 Å². The molecule has 0 aliphatic carbocycles. The fourth-order valence-corrected chi connectivity index (χ4v) is 1.90. The fraction of sp³-hybridized carbons (Fsp3) is 0.545. The molecule has 1 saturated heterocycles. The lowest BCUT2D eigenvalue weighted by molar-refractivity contribution is -0.142. The summed E-state index contributed by atoms with van der Waals surface area (Å²) in [6.07, 6.45) is 4.27. The highest BCUT2D eigenvalue weighted by Gasteiger charge is 2.49. The Balaban J connectivity index is 3.17. The van der Waals surface area contributed by atoms with Crippen molar-refractivity contribution in [2.45, 2.75) is 27.2 Å². The van der Waals surface area contributed by atoms with Crippen molar-refractivity contribution in [1.82, 2.24) is 10.6 Å². The van der Waals surface area contributed by atoms with E-state index >= 15 is 0 Å². The molecule has 1 rings (SSSR count). The van der Waals surface area contributed by atoms with Crippen LogP contribution in [-0.4, -0.2) is 16.9 Å². The molecule has 16 heavy (non-hydrogen) atoms. The van der Waals surface area contributed by atoms with Crippen molar-refractivity contribution in [1.29, 1.82) is 0 Å². The van der Waals surface area contributed by atoms with Crippen molar-refractivity contribution in [2.24, 2.45) is 11.3 Å². The lowest BCUT2D eigenvalue weighted by Crippen LogP contribution is -2.63. The molecule has 1 fully saturated rings. The average Bonchev–Trinajstić information content (AvgIpc) is 2.16. The van der Waals surface area contributed by atoms with E-state index in [-0.39, 0.29) is 22.8 Å². The van der Waals surface area contributed by atoms with E-state index in [2.05, 4.69) is 10.6 Å². The van der Waals surface area contributed by atoms with Gasteiger partial charge in [-0.1, -0.05) is 32.9 Å². The van der Waals surface area contributed by atoms with E-state index in [9.17, 15) is 9.59 Å². The normalized spacial score (nSPS) is 20.1. The third-order valence-corrected chi connectivity index (χ3v) is 2.94. The number of hydrogen-bond acceptors (Lipinski definition) is 3. The maximum Gasteiger partial charge on any atom is 0.245 e. The van der Waals surface area contributed by atoms with E-state index in [4.69, 9.17) is 12.2 Å². The third kappa shape index (κ3) is 2.00. The first-order valence-corrected chi connectivity index (χ1v) is 5.70. The van der Waals surface area contributed by atoms with Crippen LogP contribution in [0.5, 0.6) is 0 Å². The molecule has 0 unspecified atom stereocenters. The van der Waals surface area contributed by atoms with E-state index < -0.39 is 5.41 Å². The molecule has 2 amide bonds. The molecule has 0 aromatic heterocycles. The standard InChI is InChI=1S/C11H16N2O2S/c1-4-5-6-11(7(2)3)8(14)12-10(16)13-9(11)15/h5-7H,4H2,1-3H3,(H2,12,13,14,15,16)/b6-5+. The second kappa shape index (κ2) is 4.74. The van der Waals surface area contributed by atoms with Crippen LogP contribution in [0.2, 0.25) is 0 Å². The van der Waals surface area contributed by atoms with Crippen molar-refractivity contribution >= 4 is 29.1 Å². The molecule has 0 spiro atoms. The largest absolute Gasteiger partial charge is 0.302 e. The molecule has 5 heteroatoms. The first-order valence-electron chi connectivity index (χ1n) is 5.29. The maximum absolute atomic E-state index is 12.0. The zero-order chi connectivity index (χ0) is 12.3. The fourth-order valence-electron chi connectivity index (χ4n) is 1.72. The Morgan fingerprint density at radius 1 is 1.31 bits per heavy atom. The SMILES string of the molecule is CC/C=C/C1(C(C)C)C(=O)NC(=S)NC1=O. The summed E-state index contributed by atoms with van der Waals surface area (Å²) in [6.45, 7) is 5.63. The predicted octanol–water partition coefficient (Wildman–Crippen LogP) is 1.13. The Morgan fingerprint density at radius 2 is 1.81 bits per heavy atom. The summed E-state index contributed by atoms with van der Waals surface area (Å²) >= 11 is 4.77. The summed E-state index contributed by atoms with van der Waals surface area (Å²) < 4.78 is 0. The second-order valence-electron chi connectivity index (χ2n) is 4.07. The molecule has 0 bridgehead atoms. The highest BCUT2D eigenvalue weighted by molar-refractivity contribution is 7.80. The molecule has 2 N–H and O–H groups in total. The van der Waals surface area contributed by atoms with Crippen LogP contribution in [0.25, 0.3) is 0 Å². The number of allylic oxidation sites excluding steroid dienone is 1. The van der Waals surface area contributed by atoms with E-state index in [0.29, 0.717) is 0 Å². The van der Waals surface area contributed by atoms with Crippen molar-refractivity contribution in [3.63, 3.8) is 0 Å². The second-order valence-corrected chi connectivity index (χ2v) is 4.48. The van der Waals surface area contributed by atoms with Crippen molar-refractivity contribution in [3.05, 3.63) is 12.2 Å². The van der Waals surface area contributed by atoms with Gasteiger partial charge in [0.25, 0.3) is 0 Å². The van der Waals surface area contributed by atoms with Crippen LogP contribution in [0.4, 0.5) is 0 Å². The van der Waals surface area contributed by atoms with Crippen molar-refractivity contribution in [3.8, 4) is 0 Å². The Bertz CT molecular complexity index is 341. The number of thiocarbonyl (C=S) groups is 1. The molecule has 0 radical (unpaired) electrons. The molecular formula is C11H16N2O2S. The number of rotatable bonds is 3. The molecule has 88 valence electrons. The van der Waals surface area contributed by atoms with Gasteiger partial charge in [0.15, 0.2) is 5.11 Å². The summed E-state index contributed by atoms with van der Waals surface area (Å²) in [7, 11) is 0. The van der Waals surface area contributed by atoms with Gasteiger partial charge in [0.05, 0.1) is 0 Å². The molecule has 1 aliphatic rings. The number of nitrogens with one attached hydrogen (secondary N) is 2. The Kier molecular flexibility index (Phi) is 3.80. The van der Waals surface area contributed by atoms with E-state index in [1.165, 1.54) is 0 Å². The minimum absolute atomic E-state index is 0.0798. The highest BCUT2D eigenvalue weighted by Crippen LogP contribution is 2.32.